The van der Waals surface area contributed by atoms with Crippen LogP contribution in [0.15, 0.2) is 11.6 Å². The fourth-order valence-electron chi connectivity index (χ4n) is 1.25. The fraction of sp³-hybridized carbons (Fsp3) is 0.400. The van der Waals surface area contributed by atoms with Gasteiger partial charge in [0.15, 0.2) is 16.6 Å². The van der Waals surface area contributed by atoms with Crippen molar-refractivity contribution in [1.82, 2.24) is 9.36 Å². The molecule has 0 fully saturated rings. The third-order valence-electron chi connectivity index (χ3n) is 1.91. The number of hydrogen-bond donors (Lipinski definition) is 2. The van der Waals surface area contributed by atoms with E-state index in [1.807, 2.05) is 19.2 Å². The molecule has 0 radical (unpaired) electrons. The molecule has 5 nitrogen and oxygen atoms in total. The maximum absolute atomic E-state index is 5.76. The Morgan fingerprint density at radius 3 is 3.00 bits per heavy atom. The topological polar surface area (TPSA) is 73.1 Å². The third kappa shape index (κ3) is 3.07. The Hall–Kier alpha value is -1.34. The summed E-state index contributed by atoms with van der Waals surface area (Å²) in [5.41, 5.74) is 5.76. The van der Waals surface area contributed by atoms with E-state index in [9.17, 15) is 0 Å². The number of nitrogens with one attached hydrogen (secondary N) is 1. The molecule has 0 aliphatic carbocycles. The first-order valence-electron chi connectivity index (χ1n) is 5.21. The van der Waals surface area contributed by atoms with E-state index in [1.165, 1.54) is 11.5 Å². The van der Waals surface area contributed by atoms with Crippen LogP contribution in [0.3, 0.4) is 0 Å². The lowest BCUT2D eigenvalue weighted by Gasteiger charge is -2.10. The van der Waals surface area contributed by atoms with Crippen molar-refractivity contribution in [3.8, 4) is 5.75 Å². The van der Waals surface area contributed by atoms with Crippen LogP contribution in [0, 0.1) is 0 Å². The average Bonchev–Trinajstić information content (AvgIpc) is 2.88. The van der Waals surface area contributed by atoms with E-state index in [-0.39, 0.29) is 6.10 Å². The Labute approximate surface area is 108 Å². The Kier molecular flexibility index (Phi) is 3.80. The molecule has 2 rings (SSSR count). The molecule has 0 unspecified atom stereocenters. The molecular weight excluding hydrogens is 256 g/mol. The molecule has 0 amide bonds. The summed E-state index contributed by atoms with van der Waals surface area (Å²) in [7, 11) is 0. The van der Waals surface area contributed by atoms with Gasteiger partial charge >= 0.3 is 0 Å². The molecular formula is C10H14N4OS2. The minimum absolute atomic E-state index is 0.0779. The van der Waals surface area contributed by atoms with Crippen molar-refractivity contribution in [2.45, 2.75) is 26.5 Å². The molecule has 0 aromatic carbocycles. The SMILES string of the molecule is CC(C)Oc1c(N)nsc1NCc1nccs1. The predicted molar refractivity (Wildman–Crippen MR) is 71.7 cm³/mol. The van der Waals surface area contributed by atoms with Crippen LogP contribution in [-0.2, 0) is 6.54 Å². The zero-order chi connectivity index (χ0) is 12.3. The van der Waals surface area contributed by atoms with Crippen LogP contribution in [-0.4, -0.2) is 15.5 Å². The molecule has 17 heavy (non-hydrogen) atoms. The van der Waals surface area contributed by atoms with Crippen molar-refractivity contribution >= 4 is 33.7 Å². The number of aromatic nitrogens is 2. The second-order valence-electron chi connectivity index (χ2n) is 3.67. The smallest absolute Gasteiger partial charge is 0.197 e. The molecule has 3 N–H and O–H groups in total. The summed E-state index contributed by atoms with van der Waals surface area (Å²) < 4.78 is 9.71. The zero-order valence-electron chi connectivity index (χ0n) is 9.64. The van der Waals surface area contributed by atoms with Crippen LogP contribution in [0.4, 0.5) is 10.8 Å². The predicted octanol–water partition coefficient (Wildman–Crippen LogP) is 2.58. The second kappa shape index (κ2) is 5.33. The van der Waals surface area contributed by atoms with E-state index in [2.05, 4.69) is 14.7 Å². The molecule has 7 heteroatoms. The summed E-state index contributed by atoms with van der Waals surface area (Å²) in [5.74, 6) is 1.08. The second-order valence-corrected chi connectivity index (χ2v) is 5.42. The highest BCUT2D eigenvalue weighted by atomic mass is 32.1. The largest absolute Gasteiger partial charge is 0.484 e. The molecule has 0 saturated heterocycles. The van der Waals surface area contributed by atoms with Gasteiger partial charge in [0, 0.05) is 11.6 Å². The van der Waals surface area contributed by atoms with Crippen molar-refractivity contribution < 1.29 is 4.74 Å². The number of ether oxygens (including phenoxy) is 1. The van der Waals surface area contributed by atoms with E-state index in [0.717, 1.165) is 10.0 Å². The first kappa shape index (κ1) is 12.1. The lowest BCUT2D eigenvalue weighted by atomic mass is 10.4. The first-order chi connectivity index (χ1) is 8.16. The van der Waals surface area contributed by atoms with Gasteiger partial charge in [-0.25, -0.2) is 4.98 Å². The Bertz CT molecular complexity index is 467. The average molecular weight is 270 g/mol. The van der Waals surface area contributed by atoms with Crippen molar-refractivity contribution in [2.75, 3.05) is 11.1 Å². The van der Waals surface area contributed by atoms with Gasteiger partial charge in [-0.2, -0.15) is 4.37 Å². The number of nitrogen functional groups attached to an aromatic ring is 1. The van der Waals surface area contributed by atoms with Crippen LogP contribution < -0.4 is 15.8 Å². The minimum atomic E-state index is 0.0779. The van der Waals surface area contributed by atoms with Gasteiger partial charge in [0.25, 0.3) is 0 Å². The standard InChI is InChI=1S/C10H14N4OS2/c1-6(2)15-8-9(11)14-17-10(8)13-5-7-12-3-4-16-7/h3-4,6,13H,5H2,1-2H3,(H2,11,14). The molecule has 0 saturated carbocycles. The number of thiazole rings is 1. The van der Waals surface area contributed by atoms with Gasteiger partial charge in [-0.3, -0.25) is 0 Å². The monoisotopic (exact) mass is 270 g/mol. The van der Waals surface area contributed by atoms with Gasteiger partial charge in [0.1, 0.15) is 5.01 Å². The van der Waals surface area contributed by atoms with Crippen molar-refractivity contribution in [3.63, 3.8) is 0 Å². The van der Waals surface area contributed by atoms with Gasteiger partial charge in [0.2, 0.25) is 0 Å². The van der Waals surface area contributed by atoms with Gasteiger partial charge in [-0.1, -0.05) is 0 Å². The highest BCUT2D eigenvalue weighted by Gasteiger charge is 2.14. The maximum atomic E-state index is 5.76. The fourth-order valence-corrected chi connectivity index (χ4v) is 2.45. The van der Waals surface area contributed by atoms with E-state index in [4.69, 9.17) is 10.5 Å². The zero-order valence-corrected chi connectivity index (χ0v) is 11.3. The molecule has 0 spiro atoms. The van der Waals surface area contributed by atoms with Gasteiger partial charge < -0.3 is 15.8 Å². The number of nitrogens with two attached hydrogens (primary N) is 1. The summed E-state index contributed by atoms with van der Waals surface area (Å²) in [4.78, 5) is 4.20. The third-order valence-corrected chi connectivity index (χ3v) is 3.49. The van der Waals surface area contributed by atoms with Crippen LogP contribution in [0.1, 0.15) is 18.9 Å². The Morgan fingerprint density at radius 2 is 2.35 bits per heavy atom. The van der Waals surface area contributed by atoms with Crippen LogP contribution in [0.25, 0.3) is 0 Å². The molecule has 0 bridgehead atoms. The molecule has 0 aliphatic rings. The highest BCUT2D eigenvalue weighted by Crippen LogP contribution is 2.36. The Morgan fingerprint density at radius 1 is 1.53 bits per heavy atom. The number of rotatable bonds is 5. The highest BCUT2D eigenvalue weighted by molar-refractivity contribution is 7.11. The normalized spacial score (nSPS) is 10.8. The lowest BCUT2D eigenvalue weighted by Crippen LogP contribution is -2.08. The molecule has 2 aromatic heterocycles. The van der Waals surface area contributed by atoms with Crippen molar-refractivity contribution in [1.29, 1.82) is 0 Å². The van der Waals surface area contributed by atoms with E-state index in [0.29, 0.717) is 18.1 Å². The number of hydrogen-bond acceptors (Lipinski definition) is 7. The van der Waals surface area contributed by atoms with E-state index >= 15 is 0 Å². The summed E-state index contributed by atoms with van der Waals surface area (Å²) >= 11 is 2.91. The van der Waals surface area contributed by atoms with Gasteiger partial charge in [-0.05, 0) is 25.4 Å². The molecule has 0 aliphatic heterocycles. The minimum Gasteiger partial charge on any atom is -0.484 e. The van der Waals surface area contributed by atoms with Crippen molar-refractivity contribution in [3.05, 3.63) is 16.6 Å². The van der Waals surface area contributed by atoms with E-state index in [1.54, 1.807) is 17.5 Å². The maximum Gasteiger partial charge on any atom is 0.197 e. The number of anilines is 2. The van der Waals surface area contributed by atoms with Crippen LogP contribution >= 0.6 is 22.9 Å². The van der Waals surface area contributed by atoms with Crippen LogP contribution in [0.2, 0.25) is 0 Å². The van der Waals surface area contributed by atoms with Gasteiger partial charge in [-0.15, -0.1) is 11.3 Å². The number of nitrogens with zero attached hydrogens (tertiary/aromatic N) is 2. The summed E-state index contributed by atoms with van der Waals surface area (Å²) in [5, 5.41) is 7.06. The molecule has 92 valence electrons. The van der Waals surface area contributed by atoms with Gasteiger partial charge in [0.05, 0.1) is 12.6 Å². The first-order valence-corrected chi connectivity index (χ1v) is 6.86. The summed E-state index contributed by atoms with van der Waals surface area (Å²) in [6.07, 6.45) is 1.86. The quantitative estimate of drug-likeness (QED) is 0.873. The van der Waals surface area contributed by atoms with E-state index < -0.39 is 0 Å². The molecule has 0 atom stereocenters. The molecule has 2 heterocycles. The molecule has 2 aromatic rings. The Balaban J connectivity index is 2.05. The summed E-state index contributed by atoms with van der Waals surface area (Å²) in [6, 6.07) is 0. The van der Waals surface area contributed by atoms with Crippen molar-refractivity contribution in [2.24, 2.45) is 0 Å². The summed E-state index contributed by atoms with van der Waals surface area (Å²) in [6.45, 7) is 4.58. The van der Waals surface area contributed by atoms with Crippen LogP contribution in [0.5, 0.6) is 5.75 Å². The lowest BCUT2D eigenvalue weighted by molar-refractivity contribution is 0.245.